The van der Waals surface area contributed by atoms with E-state index in [0.717, 1.165) is 11.1 Å². The SMILES string of the molecule is CCOC(=O)C(Br)c1ccccc1.CCOC(=O)C(Oc1ccccc1)c1ccccc1.O=C(NO)C(Oc1ccccc1)c1ccccc1.Oc1ccccc1. The van der Waals surface area contributed by atoms with E-state index < -0.39 is 18.1 Å². The Kier molecular flexibility index (Phi) is 20.8. The number of phenolic OH excluding ortho intramolecular Hbond substituents is 1. The summed E-state index contributed by atoms with van der Waals surface area (Å²) in [6.07, 6.45) is -1.61. The molecule has 3 unspecified atom stereocenters. The molecule has 10 nitrogen and oxygen atoms in total. The zero-order valence-electron chi connectivity index (χ0n) is 31.6. The quantitative estimate of drug-likeness (QED) is 0.0476. The molecule has 6 aromatic carbocycles. The summed E-state index contributed by atoms with van der Waals surface area (Å²) >= 11 is 3.28. The molecule has 0 bridgehead atoms. The van der Waals surface area contributed by atoms with Crippen LogP contribution >= 0.6 is 15.9 Å². The van der Waals surface area contributed by atoms with Gasteiger partial charge in [-0.3, -0.25) is 14.8 Å². The molecule has 0 spiro atoms. The van der Waals surface area contributed by atoms with Crippen LogP contribution in [-0.2, 0) is 23.9 Å². The lowest BCUT2D eigenvalue weighted by atomic mass is 10.1. The second-order valence-corrected chi connectivity index (χ2v) is 12.4. The first-order chi connectivity index (χ1) is 27.8. The van der Waals surface area contributed by atoms with Crippen LogP contribution in [0.2, 0.25) is 0 Å². The molecule has 0 fully saturated rings. The summed E-state index contributed by atoms with van der Waals surface area (Å²) < 4.78 is 21.3. The third kappa shape index (κ3) is 16.9. The summed E-state index contributed by atoms with van der Waals surface area (Å²) in [6.45, 7) is 4.32. The molecule has 3 N–H and O–H groups in total. The van der Waals surface area contributed by atoms with Crippen LogP contribution in [0.1, 0.15) is 47.6 Å². The zero-order chi connectivity index (χ0) is 41.1. The number of carbonyl (C=O) groups is 3. The van der Waals surface area contributed by atoms with Crippen molar-refractivity contribution < 1.29 is 43.6 Å². The summed E-state index contributed by atoms with van der Waals surface area (Å²) in [5, 5.41) is 17.4. The van der Waals surface area contributed by atoms with Crippen molar-refractivity contribution in [3.8, 4) is 17.2 Å². The van der Waals surface area contributed by atoms with Gasteiger partial charge in [-0.2, -0.15) is 0 Å². The first kappa shape index (κ1) is 45.0. The Morgan fingerprint density at radius 1 is 0.509 bits per heavy atom. The Balaban J connectivity index is 0.000000214. The maximum Gasteiger partial charge on any atom is 0.352 e. The van der Waals surface area contributed by atoms with E-state index in [1.165, 1.54) is 0 Å². The lowest BCUT2D eigenvalue weighted by Gasteiger charge is -2.17. The van der Waals surface area contributed by atoms with Gasteiger partial charge in [-0.1, -0.05) is 162 Å². The van der Waals surface area contributed by atoms with Crippen LogP contribution in [0.5, 0.6) is 17.2 Å². The number of hydroxylamine groups is 1. The van der Waals surface area contributed by atoms with Gasteiger partial charge < -0.3 is 24.1 Å². The third-order valence-corrected chi connectivity index (χ3v) is 8.29. The second kappa shape index (κ2) is 26.4. The van der Waals surface area contributed by atoms with Crippen LogP contribution < -0.4 is 15.0 Å². The highest BCUT2D eigenvalue weighted by Crippen LogP contribution is 2.25. The fraction of sp³-hybridized carbons (Fsp3) is 0.152. The lowest BCUT2D eigenvalue weighted by molar-refractivity contribution is -0.151. The minimum absolute atomic E-state index is 0.242. The number of amides is 1. The van der Waals surface area contributed by atoms with Gasteiger partial charge in [0.2, 0.25) is 12.2 Å². The molecule has 6 rings (SSSR count). The van der Waals surface area contributed by atoms with E-state index in [-0.39, 0.29) is 16.8 Å². The van der Waals surface area contributed by atoms with Crippen molar-refractivity contribution in [1.29, 1.82) is 0 Å². The number of hydrogen-bond acceptors (Lipinski definition) is 9. The Morgan fingerprint density at radius 2 is 0.842 bits per heavy atom. The number of hydrogen-bond donors (Lipinski definition) is 3. The Labute approximate surface area is 341 Å². The van der Waals surface area contributed by atoms with Gasteiger partial charge in [0.1, 0.15) is 22.1 Å². The van der Waals surface area contributed by atoms with Gasteiger partial charge in [-0.05, 0) is 55.8 Å². The van der Waals surface area contributed by atoms with E-state index >= 15 is 0 Å². The van der Waals surface area contributed by atoms with E-state index in [0.29, 0.717) is 36.0 Å². The molecule has 0 saturated heterocycles. The lowest BCUT2D eigenvalue weighted by Crippen LogP contribution is -2.29. The minimum Gasteiger partial charge on any atom is -0.508 e. The summed E-state index contributed by atoms with van der Waals surface area (Å²) in [7, 11) is 0. The maximum atomic E-state index is 12.0. The number of benzene rings is 6. The Hall–Kier alpha value is -6.43. The summed E-state index contributed by atoms with van der Waals surface area (Å²) in [5.41, 5.74) is 3.99. The molecule has 0 radical (unpaired) electrons. The van der Waals surface area contributed by atoms with E-state index in [1.807, 2.05) is 121 Å². The van der Waals surface area contributed by atoms with E-state index in [1.54, 1.807) is 80.0 Å². The Bertz CT molecular complexity index is 1970. The number of phenols is 1. The van der Waals surface area contributed by atoms with Crippen molar-refractivity contribution in [2.75, 3.05) is 13.2 Å². The molecule has 57 heavy (non-hydrogen) atoms. The van der Waals surface area contributed by atoms with Crippen molar-refractivity contribution in [2.24, 2.45) is 0 Å². The average Bonchev–Trinajstić information content (AvgIpc) is 3.27. The van der Waals surface area contributed by atoms with Crippen LogP contribution in [0.15, 0.2) is 182 Å². The van der Waals surface area contributed by atoms with Gasteiger partial charge in [-0.15, -0.1) is 0 Å². The van der Waals surface area contributed by atoms with E-state index in [2.05, 4.69) is 15.9 Å². The molecule has 296 valence electrons. The summed E-state index contributed by atoms with van der Waals surface area (Å²) in [6, 6.07) is 54.8. The van der Waals surface area contributed by atoms with Crippen LogP contribution in [0.25, 0.3) is 0 Å². The number of ether oxygens (including phenoxy) is 4. The standard InChI is InChI=1S/C16H16O3.C14H13NO3.C10H11BrO2.C6H6O/c1-2-18-16(17)15(13-9-5-3-6-10-13)19-14-11-7-4-8-12-14;16-14(15-17)13(11-7-3-1-4-8-11)18-12-9-5-2-6-10-12;1-2-13-10(12)9(11)8-6-4-3-5-7-8;7-6-4-2-1-3-5-6/h3-12,15H,2H2,1H3;1-10,13,17H,(H,15,16);3-7,9H,2H2,1H3;1-5,7H. The zero-order valence-corrected chi connectivity index (χ0v) is 33.2. The van der Waals surface area contributed by atoms with Crippen LogP contribution in [0, 0.1) is 0 Å². The predicted molar refractivity (Wildman–Crippen MR) is 222 cm³/mol. The monoisotopic (exact) mass is 835 g/mol. The Morgan fingerprint density at radius 3 is 1.21 bits per heavy atom. The predicted octanol–water partition coefficient (Wildman–Crippen LogP) is 9.76. The van der Waals surface area contributed by atoms with Gasteiger partial charge in [0, 0.05) is 11.1 Å². The van der Waals surface area contributed by atoms with Crippen LogP contribution in [0.3, 0.4) is 0 Å². The number of nitrogens with one attached hydrogen (secondary N) is 1. The fourth-order valence-electron chi connectivity index (χ4n) is 4.73. The van der Waals surface area contributed by atoms with E-state index in [9.17, 15) is 14.4 Å². The number of carbonyl (C=O) groups excluding carboxylic acids is 3. The molecule has 0 aromatic heterocycles. The van der Waals surface area contributed by atoms with Gasteiger partial charge in [0.05, 0.1) is 13.2 Å². The second-order valence-electron chi connectivity index (χ2n) is 11.5. The van der Waals surface area contributed by atoms with Crippen molar-refractivity contribution >= 4 is 33.8 Å². The number of halogens is 1. The van der Waals surface area contributed by atoms with Crippen molar-refractivity contribution in [1.82, 2.24) is 5.48 Å². The molecule has 1 amide bonds. The fourth-order valence-corrected chi connectivity index (χ4v) is 5.17. The molecule has 0 heterocycles. The molecule has 0 aliphatic heterocycles. The van der Waals surface area contributed by atoms with Gasteiger partial charge >= 0.3 is 11.9 Å². The number of para-hydroxylation sites is 3. The van der Waals surface area contributed by atoms with Crippen molar-refractivity contribution in [2.45, 2.75) is 30.9 Å². The topological polar surface area (TPSA) is 141 Å². The van der Waals surface area contributed by atoms with Gasteiger partial charge in [0.15, 0.2) is 0 Å². The molecule has 0 aliphatic carbocycles. The summed E-state index contributed by atoms with van der Waals surface area (Å²) in [5.74, 6) is 0.304. The third-order valence-electron chi connectivity index (χ3n) is 7.39. The first-order valence-electron chi connectivity index (χ1n) is 18.0. The first-order valence-corrected chi connectivity index (χ1v) is 18.9. The normalized spacial score (nSPS) is 11.4. The average molecular weight is 837 g/mol. The number of aromatic hydroxyl groups is 1. The highest BCUT2D eigenvalue weighted by Gasteiger charge is 2.24. The van der Waals surface area contributed by atoms with Crippen molar-refractivity contribution in [3.63, 3.8) is 0 Å². The maximum absolute atomic E-state index is 12.0. The van der Waals surface area contributed by atoms with E-state index in [4.69, 9.17) is 29.3 Å². The number of rotatable bonds is 12. The molecule has 6 aromatic rings. The molecule has 11 heteroatoms. The largest absolute Gasteiger partial charge is 0.508 e. The highest BCUT2D eigenvalue weighted by atomic mass is 79.9. The number of alkyl halides is 1. The molecular weight excluding hydrogens is 790 g/mol. The summed E-state index contributed by atoms with van der Waals surface area (Å²) in [4.78, 5) is 34.6. The van der Waals surface area contributed by atoms with Crippen LogP contribution in [-0.4, -0.2) is 41.4 Å². The van der Waals surface area contributed by atoms with Gasteiger partial charge in [-0.25, -0.2) is 10.3 Å². The molecule has 0 aliphatic rings. The van der Waals surface area contributed by atoms with Crippen molar-refractivity contribution in [3.05, 3.63) is 199 Å². The number of esters is 2. The molecule has 0 saturated carbocycles. The molecule has 3 atom stereocenters. The smallest absolute Gasteiger partial charge is 0.352 e. The molecular formula is C46H46BrNO9. The minimum atomic E-state index is -0.876. The van der Waals surface area contributed by atoms with Crippen LogP contribution in [0.4, 0.5) is 0 Å². The highest BCUT2D eigenvalue weighted by molar-refractivity contribution is 9.09. The van der Waals surface area contributed by atoms with Gasteiger partial charge in [0.25, 0.3) is 5.91 Å².